The zero-order valence-electron chi connectivity index (χ0n) is 30.4. The summed E-state index contributed by atoms with van der Waals surface area (Å²) in [6.07, 6.45) is -36.8. The Morgan fingerprint density at radius 2 is 1.25 bits per heavy atom. The van der Waals surface area contributed by atoms with Crippen molar-refractivity contribution in [2.45, 2.75) is 149 Å². The Labute approximate surface area is 322 Å². The maximum atomic E-state index is 13.3. The molecule has 0 aromatic carbocycles. The van der Waals surface area contributed by atoms with Crippen molar-refractivity contribution < 1.29 is 119 Å². The summed E-state index contributed by atoms with van der Waals surface area (Å²) >= 11 is 0. The average molecular weight is 837 g/mol. The second-order valence-corrected chi connectivity index (χ2v) is 14.0. The van der Waals surface area contributed by atoms with Crippen LogP contribution in [0.15, 0.2) is 0 Å². The molecular weight excluding hydrogens is 784 g/mol. The second-order valence-electron chi connectivity index (χ2n) is 14.0. The minimum Gasteiger partial charge on any atom is -0.477 e. The lowest BCUT2D eigenvalue weighted by atomic mass is 9.87. The summed E-state index contributed by atoms with van der Waals surface area (Å²) in [6, 6.07) is -3.39. The molecule has 2 amide bonds. The first kappa shape index (κ1) is 47.3. The number of carbonyl (C=O) groups is 3. The number of carbonyl (C=O) groups excluding carboxylic acids is 2. The summed E-state index contributed by atoms with van der Waals surface area (Å²) < 4.78 is 39.2. The largest absolute Gasteiger partial charge is 0.477 e. The third-order valence-corrected chi connectivity index (χ3v) is 10.0. The number of nitrogens with one attached hydrogen (secondary N) is 2. The van der Waals surface area contributed by atoms with Gasteiger partial charge >= 0.3 is 5.97 Å². The van der Waals surface area contributed by atoms with Gasteiger partial charge in [-0.05, 0) is 0 Å². The molecule has 0 aliphatic carbocycles. The van der Waals surface area contributed by atoms with E-state index in [4.69, 9.17) is 33.2 Å². The predicted molar refractivity (Wildman–Crippen MR) is 174 cm³/mol. The number of hydrogen-bond acceptors (Lipinski definition) is 23. The monoisotopic (exact) mass is 836 g/mol. The molecular formula is C31H52N2O24. The first-order chi connectivity index (χ1) is 26.7. The van der Waals surface area contributed by atoms with Crippen molar-refractivity contribution in [1.29, 1.82) is 0 Å². The molecule has 4 aliphatic heterocycles. The normalized spacial score (nSPS) is 45.1. The van der Waals surface area contributed by atoms with Gasteiger partial charge in [0.25, 0.3) is 5.79 Å². The molecule has 26 nitrogen and oxygen atoms in total. The Morgan fingerprint density at radius 1 is 0.684 bits per heavy atom. The van der Waals surface area contributed by atoms with E-state index in [2.05, 4.69) is 10.6 Å². The highest BCUT2D eigenvalue weighted by atomic mass is 16.8. The molecule has 330 valence electrons. The molecule has 4 saturated heterocycles. The van der Waals surface area contributed by atoms with Crippen LogP contribution in [0.4, 0.5) is 0 Å². The zero-order valence-corrected chi connectivity index (χ0v) is 30.4. The van der Waals surface area contributed by atoms with E-state index >= 15 is 0 Å². The lowest BCUT2D eigenvalue weighted by Gasteiger charge is -2.52. The molecule has 0 aromatic rings. The predicted octanol–water partition coefficient (Wildman–Crippen LogP) is -10.3. The average Bonchev–Trinajstić information content (AvgIpc) is 3.16. The van der Waals surface area contributed by atoms with Crippen LogP contribution in [0, 0.1) is 0 Å². The lowest BCUT2D eigenvalue weighted by Crippen LogP contribution is -2.72. The van der Waals surface area contributed by atoms with Crippen molar-refractivity contribution in [3.8, 4) is 0 Å². The first-order valence-electron chi connectivity index (χ1n) is 17.7. The molecule has 4 heterocycles. The zero-order chi connectivity index (χ0) is 42.7. The van der Waals surface area contributed by atoms with Gasteiger partial charge in [0, 0.05) is 20.3 Å². The van der Waals surface area contributed by atoms with E-state index in [9.17, 15) is 85.9 Å². The Morgan fingerprint density at radius 3 is 1.79 bits per heavy atom. The number of carboxylic acids is 1. The Hall–Kier alpha value is -2.39. The fourth-order valence-corrected chi connectivity index (χ4v) is 7.03. The number of aliphatic carboxylic acids is 1. The molecule has 4 aliphatic rings. The van der Waals surface area contributed by atoms with Gasteiger partial charge in [-0.3, -0.25) is 9.59 Å². The Kier molecular flexibility index (Phi) is 16.4. The minimum atomic E-state index is -3.25. The highest BCUT2D eigenvalue weighted by Crippen LogP contribution is 2.40. The van der Waals surface area contributed by atoms with Crippen LogP contribution >= 0.6 is 0 Å². The van der Waals surface area contributed by atoms with Gasteiger partial charge < -0.3 is 115 Å². The van der Waals surface area contributed by atoms with Gasteiger partial charge in [-0.25, -0.2) is 4.79 Å². The molecule has 0 bridgehead atoms. The van der Waals surface area contributed by atoms with Crippen molar-refractivity contribution in [3.63, 3.8) is 0 Å². The van der Waals surface area contributed by atoms with Crippen molar-refractivity contribution in [1.82, 2.24) is 10.6 Å². The van der Waals surface area contributed by atoms with Gasteiger partial charge in [0.15, 0.2) is 18.9 Å². The molecule has 3 unspecified atom stereocenters. The van der Waals surface area contributed by atoms with Crippen LogP contribution in [0.5, 0.6) is 0 Å². The number of rotatable bonds is 15. The topological polar surface area (TPSA) is 423 Å². The van der Waals surface area contributed by atoms with E-state index in [1.165, 1.54) is 0 Å². The van der Waals surface area contributed by atoms with E-state index in [1.54, 1.807) is 0 Å². The maximum Gasteiger partial charge on any atom is 0.364 e. The fraction of sp³-hybridized carbons (Fsp3) is 0.903. The molecule has 4 rings (SSSR count). The summed E-state index contributed by atoms with van der Waals surface area (Å²) in [4.78, 5) is 37.9. The molecule has 0 radical (unpaired) electrons. The van der Waals surface area contributed by atoms with Gasteiger partial charge in [-0.2, -0.15) is 0 Å². The Balaban J connectivity index is 1.78. The van der Waals surface area contributed by atoms with Gasteiger partial charge in [-0.15, -0.1) is 0 Å². The number of ether oxygens (including phenoxy) is 7. The van der Waals surface area contributed by atoms with Crippen LogP contribution in [-0.4, -0.2) is 244 Å². The molecule has 4 fully saturated rings. The SMILES string of the molecule is CC(=O)N[C@H]1[C@H]([C@H](O)[C@H](O)CO)O[C@@](O[C@H]2[C@@H](O)[C@@H](CO)O[C@@H](O[C@H]3[C@H](O)[C@@H](O)C(O)O[C@@H]3CO)[C@@H]2O)(C(=O)O)C[C@@H]1O[C@@H]1OC(CO)[C@H](O)C(O)[C@H]1NC(C)=O. The van der Waals surface area contributed by atoms with Crippen molar-refractivity contribution in [2.24, 2.45) is 0 Å². The summed E-state index contributed by atoms with van der Waals surface area (Å²) in [5.41, 5.74) is 0. The summed E-state index contributed by atoms with van der Waals surface area (Å²) in [5.74, 6) is -6.99. The van der Waals surface area contributed by atoms with Crippen molar-refractivity contribution in [2.75, 3.05) is 26.4 Å². The highest BCUT2D eigenvalue weighted by Gasteiger charge is 2.61. The van der Waals surface area contributed by atoms with Crippen LogP contribution in [0.1, 0.15) is 20.3 Å². The third-order valence-electron chi connectivity index (χ3n) is 10.0. The number of aliphatic hydroxyl groups excluding tert-OH is 13. The smallest absolute Gasteiger partial charge is 0.364 e. The first-order valence-corrected chi connectivity index (χ1v) is 17.7. The van der Waals surface area contributed by atoms with Crippen LogP contribution in [0.2, 0.25) is 0 Å². The maximum absolute atomic E-state index is 13.3. The van der Waals surface area contributed by atoms with E-state index in [0.717, 1.165) is 13.8 Å². The van der Waals surface area contributed by atoms with Crippen molar-refractivity contribution in [3.05, 3.63) is 0 Å². The van der Waals surface area contributed by atoms with E-state index < -0.39 is 179 Å². The van der Waals surface area contributed by atoms with Gasteiger partial charge in [-0.1, -0.05) is 0 Å². The standard InChI is InChI=1S/C31H52N2O24/c1-8(38)32-15-11(52-28-16(33-9(2)39)20(44)18(42)12(5-35)53-28)3-31(30(49)50,56-25(15)17(41)10(40)4-34)57-26-19(43)13(6-36)54-29(23(26)47)55-24-14(7-37)51-27(48)22(46)21(24)45/h10-29,34-37,40-48H,3-7H2,1-2H3,(H,32,38)(H,33,39)(H,49,50)/t10-,11+,12?,13-,14-,15-,16-,17-,18+,19+,20?,21-,22-,23-,24-,25-,26+,27?,28-,29+,31+/m1/s1. The van der Waals surface area contributed by atoms with Gasteiger partial charge in [0.05, 0.1) is 38.6 Å². The van der Waals surface area contributed by atoms with Gasteiger partial charge in [0.1, 0.15) is 91.5 Å². The van der Waals surface area contributed by atoms with E-state index in [0.29, 0.717) is 0 Å². The van der Waals surface area contributed by atoms with Crippen LogP contribution in [0.3, 0.4) is 0 Å². The van der Waals surface area contributed by atoms with Crippen LogP contribution < -0.4 is 10.6 Å². The molecule has 16 N–H and O–H groups in total. The van der Waals surface area contributed by atoms with Crippen LogP contribution in [-0.2, 0) is 47.5 Å². The molecule has 0 aromatic heterocycles. The molecule has 21 atom stereocenters. The number of carboxylic acid groups (broad SMARTS) is 1. The van der Waals surface area contributed by atoms with Gasteiger partial charge in [0.2, 0.25) is 11.8 Å². The molecule has 0 spiro atoms. The molecule has 57 heavy (non-hydrogen) atoms. The lowest BCUT2D eigenvalue weighted by molar-refractivity contribution is -0.389. The number of amides is 2. The quantitative estimate of drug-likeness (QED) is 0.0728. The summed E-state index contributed by atoms with van der Waals surface area (Å²) in [5, 5.41) is 151. The second kappa shape index (κ2) is 19.8. The minimum absolute atomic E-state index is 0.792. The van der Waals surface area contributed by atoms with E-state index in [1.807, 2.05) is 0 Å². The number of hydrogen-bond donors (Lipinski definition) is 16. The summed E-state index contributed by atoms with van der Waals surface area (Å²) in [6.45, 7) is -2.07. The Bertz CT molecular complexity index is 1350. The summed E-state index contributed by atoms with van der Waals surface area (Å²) in [7, 11) is 0. The third kappa shape index (κ3) is 10.2. The fourth-order valence-electron chi connectivity index (χ4n) is 7.03. The molecule has 26 heteroatoms. The highest BCUT2D eigenvalue weighted by molar-refractivity contribution is 5.77. The van der Waals surface area contributed by atoms with Crippen LogP contribution in [0.25, 0.3) is 0 Å². The number of aliphatic hydroxyl groups is 13. The molecule has 0 saturated carbocycles. The van der Waals surface area contributed by atoms with E-state index in [-0.39, 0.29) is 0 Å². The van der Waals surface area contributed by atoms with Crippen molar-refractivity contribution >= 4 is 17.8 Å².